The Labute approximate surface area is 296 Å². The average molecular weight is 704 g/mol. The van der Waals surface area contributed by atoms with Crippen molar-refractivity contribution in [3.63, 3.8) is 0 Å². The summed E-state index contributed by atoms with van der Waals surface area (Å²) in [6, 6.07) is 40.8. The van der Waals surface area contributed by atoms with E-state index in [1.807, 2.05) is 60.7 Å². The standard InChI is InChI=1S/C40H34ClN3O5S/c1-48-40(45)30-16-19-33(20-17-30)49-25-23-34-35-26-32(41)18-21-36(35)44(39(28-10-4-2-5-11-28)29-12-6-3-7-13-29)37(34)22-24-43-50(46,47)38-15-9-8-14-31(38)27-42/h2-21,26,39,43H,22-25H2,1H3. The number of methoxy groups -OCH3 is 1. The van der Waals surface area contributed by atoms with Crippen molar-refractivity contribution in [3.05, 3.63) is 166 Å². The molecule has 0 spiro atoms. The summed E-state index contributed by atoms with van der Waals surface area (Å²) >= 11 is 6.61. The molecule has 5 aromatic carbocycles. The smallest absolute Gasteiger partial charge is 0.337 e. The minimum absolute atomic E-state index is 0.0619. The molecule has 0 atom stereocenters. The monoisotopic (exact) mass is 703 g/mol. The molecule has 252 valence electrons. The Morgan fingerprint density at radius 1 is 0.860 bits per heavy atom. The minimum atomic E-state index is -3.99. The number of carbonyl (C=O) groups is 1. The van der Waals surface area contributed by atoms with Crippen LogP contribution in [0.1, 0.15) is 44.3 Å². The number of hydrogen-bond donors (Lipinski definition) is 1. The molecule has 50 heavy (non-hydrogen) atoms. The van der Waals surface area contributed by atoms with E-state index in [2.05, 4.69) is 33.6 Å². The van der Waals surface area contributed by atoms with Crippen LogP contribution in [0.2, 0.25) is 5.02 Å². The van der Waals surface area contributed by atoms with E-state index in [0.717, 1.165) is 33.3 Å². The molecule has 1 N–H and O–H groups in total. The summed E-state index contributed by atoms with van der Waals surface area (Å²) < 4.78 is 42.9. The molecule has 0 aliphatic rings. The minimum Gasteiger partial charge on any atom is -0.493 e. The van der Waals surface area contributed by atoms with Gasteiger partial charge in [-0.3, -0.25) is 0 Å². The molecule has 0 bridgehead atoms. The van der Waals surface area contributed by atoms with Crippen LogP contribution in [0.5, 0.6) is 5.75 Å². The number of halogens is 1. The zero-order valence-electron chi connectivity index (χ0n) is 27.3. The fraction of sp³-hybridized carbons (Fsp3) is 0.150. The second kappa shape index (κ2) is 15.4. The summed E-state index contributed by atoms with van der Waals surface area (Å²) in [5.74, 6) is 0.167. The van der Waals surface area contributed by atoms with Gasteiger partial charge < -0.3 is 14.0 Å². The van der Waals surface area contributed by atoms with Gasteiger partial charge in [0.2, 0.25) is 10.0 Å². The molecule has 1 aromatic heterocycles. The predicted octanol–water partition coefficient (Wildman–Crippen LogP) is 7.73. The Morgan fingerprint density at radius 2 is 1.50 bits per heavy atom. The van der Waals surface area contributed by atoms with Crippen molar-refractivity contribution in [2.45, 2.75) is 23.8 Å². The SMILES string of the molecule is COC(=O)c1ccc(OCCc2c(CCNS(=O)(=O)c3ccccc3C#N)n(C(c3ccccc3)c3ccccc3)c3ccc(Cl)cc23)cc1. The Hall–Kier alpha value is -5.40. The maximum atomic E-state index is 13.4. The zero-order chi connectivity index (χ0) is 35.1. The number of rotatable bonds is 13. The third kappa shape index (κ3) is 7.43. The highest BCUT2D eigenvalue weighted by Gasteiger charge is 2.26. The van der Waals surface area contributed by atoms with Crippen LogP contribution in [-0.4, -0.2) is 39.2 Å². The van der Waals surface area contributed by atoms with Gasteiger partial charge in [0.1, 0.15) is 11.8 Å². The van der Waals surface area contributed by atoms with Gasteiger partial charge in [0.15, 0.2) is 0 Å². The molecule has 0 amide bonds. The van der Waals surface area contributed by atoms with Crippen LogP contribution < -0.4 is 9.46 Å². The summed E-state index contributed by atoms with van der Waals surface area (Å²) in [5.41, 5.74) is 5.45. The van der Waals surface area contributed by atoms with Crippen LogP contribution in [0.25, 0.3) is 10.9 Å². The maximum Gasteiger partial charge on any atom is 0.337 e. The molecule has 6 aromatic rings. The van der Waals surface area contributed by atoms with Gasteiger partial charge >= 0.3 is 5.97 Å². The molecular formula is C40H34ClN3O5S. The van der Waals surface area contributed by atoms with Crippen molar-refractivity contribution in [2.75, 3.05) is 20.3 Å². The van der Waals surface area contributed by atoms with Gasteiger partial charge in [-0.1, -0.05) is 84.4 Å². The molecule has 0 radical (unpaired) electrons. The summed E-state index contributed by atoms with van der Waals surface area (Å²) in [5, 5.41) is 11.1. The number of fused-ring (bicyclic) bond motifs is 1. The number of nitriles is 1. The van der Waals surface area contributed by atoms with E-state index in [4.69, 9.17) is 21.1 Å². The van der Waals surface area contributed by atoms with Crippen molar-refractivity contribution in [3.8, 4) is 11.8 Å². The second-order valence-corrected chi connectivity index (χ2v) is 13.7. The molecule has 0 saturated heterocycles. The van der Waals surface area contributed by atoms with Gasteiger partial charge in [-0.2, -0.15) is 5.26 Å². The first kappa shape index (κ1) is 34.5. The average Bonchev–Trinajstić information content (AvgIpc) is 3.43. The lowest BCUT2D eigenvalue weighted by Crippen LogP contribution is -2.28. The second-order valence-electron chi connectivity index (χ2n) is 11.6. The Morgan fingerprint density at radius 3 is 2.14 bits per heavy atom. The van der Waals surface area contributed by atoms with Crippen molar-refractivity contribution in [1.82, 2.24) is 9.29 Å². The van der Waals surface area contributed by atoms with E-state index in [1.165, 1.54) is 19.2 Å². The van der Waals surface area contributed by atoms with Gasteiger partial charge in [0.25, 0.3) is 0 Å². The topological polar surface area (TPSA) is 110 Å². The van der Waals surface area contributed by atoms with Crippen molar-refractivity contribution in [1.29, 1.82) is 5.26 Å². The van der Waals surface area contributed by atoms with Crippen molar-refractivity contribution < 1.29 is 22.7 Å². The van der Waals surface area contributed by atoms with Gasteiger partial charge in [-0.05, 0) is 71.3 Å². The van der Waals surface area contributed by atoms with E-state index in [1.54, 1.807) is 36.4 Å². The van der Waals surface area contributed by atoms with Crippen LogP contribution >= 0.6 is 11.6 Å². The van der Waals surface area contributed by atoms with E-state index >= 15 is 0 Å². The maximum absolute atomic E-state index is 13.4. The fourth-order valence-corrected chi connectivity index (χ4v) is 7.62. The number of benzene rings is 5. The number of carbonyl (C=O) groups excluding carboxylic acids is 1. The lowest BCUT2D eigenvalue weighted by atomic mass is 9.97. The highest BCUT2D eigenvalue weighted by Crippen LogP contribution is 2.38. The number of nitrogens with one attached hydrogen (secondary N) is 1. The van der Waals surface area contributed by atoms with Crippen molar-refractivity contribution >= 4 is 38.5 Å². The highest BCUT2D eigenvalue weighted by molar-refractivity contribution is 7.89. The van der Waals surface area contributed by atoms with Gasteiger partial charge in [0.05, 0.1) is 35.8 Å². The van der Waals surface area contributed by atoms with Gasteiger partial charge in [0, 0.05) is 41.0 Å². The van der Waals surface area contributed by atoms with E-state index in [0.29, 0.717) is 35.8 Å². The normalized spacial score (nSPS) is 11.4. The Bertz CT molecular complexity index is 2230. The Balaban J connectivity index is 1.43. The quantitative estimate of drug-likeness (QED) is 0.123. The molecule has 1 heterocycles. The first-order valence-corrected chi connectivity index (χ1v) is 17.9. The molecule has 10 heteroatoms. The molecule has 0 unspecified atom stereocenters. The number of aromatic nitrogens is 1. The first-order valence-electron chi connectivity index (χ1n) is 16.0. The van der Waals surface area contributed by atoms with Crippen LogP contribution in [0.3, 0.4) is 0 Å². The first-order chi connectivity index (χ1) is 24.3. The molecule has 8 nitrogen and oxygen atoms in total. The van der Waals surface area contributed by atoms with Crippen molar-refractivity contribution in [2.24, 2.45) is 0 Å². The number of sulfonamides is 1. The largest absolute Gasteiger partial charge is 0.493 e. The lowest BCUT2D eigenvalue weighted by Gasteiger charge is -2.25. The number of nitrogens with zero attached hydrogens (tertiary/aromatic N) is 2. The third-order valence-electron chi connectivity index (χ3n) is 8.52. The summed E-state index contributed by atoms with van der Waals surface area (Å²) in [6.45, 7) is 0.379. The molecule has 0 aliphatic heterocycles. The van der Waals surface area contributed by atoms with Crippen LogP contribution in [0.15, 0.2) is 132 Å². The van der Waals surface area contributed by atoms with Gasteiger partial charge in [-0.25, -0.2) is 17.9 Å². The lowest BCUT2D eigenvalue weighted by molar-refractivity contribution is 0.0600. The van der Waals surface area contributed by atoms with Crippen LogP contribution in [-0.2, 0) is 27.6 Å². The summed E-state index contributed by atoms with van der Waals surface area (Å²) in [6.07, 6.45) is 0.817. The van der Waals surface area contributed by atoms with E-state index in [9.17, 15) is 18.5 Å². The molecular weight excluding hydrogens is 670 g/mol. The Kier molecular flexibility index (Phi) is 10.6. The van der Waals surface area contributed by atoms with Crippen LogP contribution in [0, 0.1) is 11.3 Å². The zero-order valence-corrected chi connectivity index (χ0v) is 28.8. The predicted molar refractivity (Wildman–Crippen MR) is 194 cm³/mol. The number of hydrogen-bond acceptors (Lipinski definition) is 6. The summed E-state index contributed by atoms with van der Waals surface area (Å²) in [7, 11) is -2.65. The van der Waals surface area contributed by atoms with E-state index in [-0.39, 0.29) is 23.0 Å². The summed E-state index contributed by atoms with van der Waals surface area (Å²) in [4.78, 5) is 11.8. The fourth-order valence-electron chi connectivity index (χ4n) is 6.26. The molecule has 0 aliphatic carbocycles. The van der Waals surface area contributed by atoms with E-state index < -0.39 is 16.0 Å². The molecule has 6 rings (SSSR count). The third-order valence-corrected chi connectivity index (χ3v) is 10.3. The molecule has 0 fully saturated rings. The number of esters is 1. The number of ether oxygens (including phenoxy) is 2. The molecule has 0 saturated carbocycles. The van der Waals surface area contributed by atoms with Crippen LogP contribution in [0.4, 0.5) is 0 Å². The van der Waals surface area contributed by atoms with Gasteiger partial charge in [-0.15, -0.1) is 0 Å². The highest BCUT2D eigenvalue weighted by atomic mass is 35.5.